The predicted octanol–water partition coefficient (Wildman–Crippen LogP) is 2.76. The van der Waals surface area contributed by atoms with E-state index in [0.29, 0.717) is 22.1 Å². The van der Waals surface area contributed by atoms with Crippen molar-refractivity contribution in [2.75, 3.05) is 5.73 Å². The molecule has 0 radical (unpaired) electrons. The standard InChI is InChI=1S/C13H14ClN3O/c1-2-6-17-7-5-16-13(17)12(18)9-3-4-11(15)10(14)8-9/h3-5,7-8H,2,6,15H2,1H3. The summed E-state index contributed by atoms with van der Waals surface area (Å²) in [6, 6.07) is 4.86. The maximum absolute atomic E-state index is 12.3. The molecule has 0 aliphatic heterocycles. The quantitative estimate of drug-likeness (QED) is 0.682. The molecule has 0 bridgehead atoms. The Balaban J connectivity index is 2.35. The van der Waals surface area contributed by atoms with Crippen LogP contribution in [0.4, 0.5) is 5.69 Å². The number of anilines is 1. The highest BCUT2D eigenvalue weighted by molar-refractivity contribution is 6.33. The number of hydrogen-bond donors (Lipinski definition) is 1. The molecule has 2 rings (SSSR count). The van der Waals surface area contributed by atoms with Crippen LogP contribution in [0.25, 0.3) is 0 Å². The summed E-state index contributed by atoms with van der Waals surface area (Å²) in [6.45, 7) is 2.82. The minimum absolute atomic E-state index is 0.143. The smallest absolute Gasteiger partial charge is 0.228 e. The van der Waals surface area contributed by atoms with Crippen molar-refractivity contribution in [3.8, 4) is 0 Å². The van der Waals surface area contributed by atoms with Gasteiger partial charge in [0, 0.05) is 24.5 Å². The normalized spacial score (nSPS) is 10.6. The van der Waals surface area contributed by atoms with Crippen LogP contribution in [0.2, 0.25) is 5.02 Å². The van der Waals surface area contributed by atoms with Gasteiger partial charge >= 0.3 is 0 Å². The molecule has 0 aliphatic rings. The van der Waals surface area contributed by atoms with Gasteiger partial charge in [0.05, 0.1) is 10.7 Å². The summed E-state index contributed by atoms with van der Waals surface area (Å²) < 4.78 is 1.84. The van der Waals surface area contributed by atoms with Crippen molar-refractivity contribution in [1.29, 1.82) is 0 Å². The Morgan fingerprint density at radius 1 is 1.50 bits per heavy atom. The molecule has 0 atom stereocenters. The molecule has 2 N–H and O–H groups in total. The van der Waals surface area contributed by atoms with E-state index in [2.05, 4.69) is 4.98 Å². The number of nitrogens with zero attached hydrogens (tertiary/aromatic N) is 2. The van der Waals surface area contributed by atoms with E-state index >= 15 is 0 Å². The fourth-order valence-electron chi connectivity index (χ4n) is 1.74. The second-order valence-corrected chi connectivity index (χ2v) is 4.42. The average molecular weight is 264 g/mol. The van der Waals surface area contributed by atoms with Crippen molar-refractivity contribution in [3.63, 3.8) is 0 Å². The van der Waals surface area contributed by atoms with Gasteiger partial charge in [-0.25, -0.2) is 4.98 Å². The van der Waals surface area contributed by atoms with Crippen LogP contribution < -0.4 is 5.73 Å². The monoisotopic (exact) mass is 263 g/mol. The first-order chi connectivity index (χ1) is 8.63. The fraction of sp³-hybridized carbons (Fsp3) is 0.231. The molecule has 18 heavy (non-hydrogen) atoms. The number of aryl methyl sites for hydroxylation is 1. The first-order valence-corrected chi connectivity index (χ1v) is 6.12. The number of carbonyl (C=O) groups is 1. The molecular formula is C13H14ClN3O. The molecule has 2 aromatic rings. The number of imidazole rings is 1. The second-order valence-electron chi connectivity index (χ2n) is 4.01. The lowest BCUT2D eigenvalue weighted by Gasteiger charge is -2.06. The Bertz CT molecular complexity index is 577. The molecule has 4 nitrogen and oxygen atoms in total. The molecule has 0 aliphatic carbocycles. The molecule has 0 saturated carbocycles. The van der Waals surface area contributed by atoms with E-state index < -0.39 is 0 Å². The van der Waals surface area contributed by atoms with Crippen molar-refractivity contribution >= 4 is 23.1 Å². The molecule has 1 heterocycles. The van der Waals surface area contributed by atoms with E-state index in [0.717, 1.165) is 13.0 Å². The lowest BCUT2D eigenvalue weighted by atomic mass is 10.1. The minimum atomic E-state index is -0.143. The van der Waals surface area contributed by atoms with Crippen molar-refractivity contribution < 1.29 is 4.79 Å². The number of hydrogen-bond acceptors (Lipinski definition) is 3. The zero-order chi connectivity index (χ0) is 13.1. The summed E-state index contributed by atoms with van der Waals surface area (Å²) >= 11 is 5.92. The number of ketones is 1. The molecule has 5 heteroatoms. The van der Waals surface area contributed by atoms with E-state index in [1.54, 1.807) is 30.6 Å². The Labute approximate surface area is 110 Å². The van der Waals surface area contributed by atoms with Gasteiger partial charge < -0.3 is 10.3 Å². The lowest BCUT2D eigenvalue weighted by Crippen LogP contribution is -2.11. The highest BCUT2D eigenvalue weighted by Gasteiger charge is 2.15. The molecule has 94 valence electrons. The number of nitrogens with two attached hydrogens (primary N) is 1. The van der Waals surface area contributed by atoms with Gasteiger partial charge in [-0.2, -0.15) is 0 Å². The number of halogens is 1. The largest absolute Gasteiger partial charge is 0.398 e. The zero-order valence-electron chi connectivity index (χ0n) is 10.1. The third kappa shape index (κ3) is 2.38. The molecule has 0 fully saturated rings. The van der Waals surface area contributed by atoms with Crippen molar-refractivity contribution in [2.24, 2.45) is 0 Å². The van der Waals surface area contributed by atoms with Crippen LogP contribution in [0, 0.1) is 0 Å². The number of benzene rings is 1. The van der Waals surface area contributed by atoms with Gasteiger partial charge in [0.15, 0.2) is 5.82 Å². The maximum atomic E-state index is 12.3. The Kier molecular flexibility index (Phi) is 3.67. The Morgan fingerprint density at radius 2 is 2.28 bits per heavy atom. The van der Waals surface area contributed by atoms with Gasteiger partial charge in [-0.3, -0.25) is 4.79 Å². The van der Waals surface area contributed by atoms with Crippen LogP contribution in [0.1, 0.15) is 29.5 Å². The van der Waals surface area contributed by atoms with E-state index in [1.807, 2.05) is 11.5 Å². The average Bonchev–Trinajstić information content (AvgIpc) is 2.80. The third-order valence-electron chi connectivity index (χ3n) is 2.65. The van der Waals surface area contributed by atoms with Crippen molar-refractivity contribution in [2.45, 2.75) is 19.9 Å². The molecular weight excluding hydrogens is 250 g/mol. The predicted molar refractivity (Wildman–Crippen MR) is 71.8 cm³/mol. The molecule has 0 saturated heterocycles. The van der Waals surface area contributed by atoms with Gasteiger partial charge in [-0.05, 0) is 24.6 Å². The molecule has 0 unspecified atom stereocenters. The molecule has 0 spiro atoms. The van der Waals surface area contributed by atoms with Gasteiger partial charge in [-0.1, -0.05) is 18.5 Å². The van der Waals surface area contributed by atoms with E-state index in [9.17, 15) is 4.79 Å². The fourth-order valence-corrected chi connectivity index (χ4v) is 1.92. The lowest BCUT2D eigenvalue weighted by molar-refractivity contribution is 0.102. The summed E-state index contributed by atoms with van der Waals surface area (Å²) in [5, 5.41) is 0.384. The number of carbonyl (C=O) groups excluding carboxylic acids is 1. The van der Waals surface area contributed by atoms with Gasteiger partial charge in [0.1, 0.15) is 0 Å². The number of aromatic nitrogens is 2. The van der Waals surface area contributed by atoms with Crippen LogP contribution in [-0.4, -0.2) is 15.3 Å². The summed E-state index contributed by atoms with van der Waals surface area (Å²) in [5.41, 5.74) is 6.58. The van der Waals surface area contributed by atoms with E-state index in [4.69, 9.17) is 17.3 Å². The summed E-state index contributed by atoms with van der Waals surface area (Å²) in [4.78, 5) is 16.4. The SMILES string of the molecule is CCCn1ccnc1C(=O)c1ccc(N)c(Cl)c1. The van der Waals surface area contributed by atoms with Crippen LogP contribution in [0.5, 0.6) is 0 Å². The van der Waals surface area contributed by atoms with E-state index in [1.165, 1.54) is 0 Å². The highest BCUT2D eigenvalue weighted by Crippen LogP contribution is 2.21. The zero-order valence-corrected chi connectivity index (χ0v) is 10.8. The van der Waals surface area contributed by atoms with Gasteiger partial charge in [-0.15, -0.1) is 0 Å². The summed E-state index contributed by atoms with van der Waals surface area (Å²) in [7, 11) is 0. The van der Waals surface area contributed by atoms with Crippen LogP contribution in [0.3, 0.4) is 0 Å². The van der Waals surface area contributed by atoms with Gasteiger partial charge in [0.2, 0.25) is 5.78 Å². The summed E-state index contributed by atoms with van der Waals surface area (Å²) in [5.74, 6) is 0.285. The molecule has 0 amide bonds. The maximum Gasteiger partial charge on any atom is 0.228 e. The topological polar surface area (TPSA) is 60.9 Å². The first-order valence-electron chi connectivity index (χ1n) is 5.74. The van der Waals surface area contributed by atoms with Crippen LogP contribution in [-0.2, 0) is 6.54 Å². The number of nitrogen functional groups attached to an aromatic ring is 1. The Morgan fingerprint density at radius 3 is 2.94 bits per heavy atom. The molecule has 1 aromatic heterocycles. The minimum Gasteiger partial charge on any atom is -0.398 e. The Hall–Kier alpha value is -1.81. The van der Waals surface area contributed by atoms with Crippen LogP contribution in [0.15, 0.2) is 30.6 Å². The van der Waals surface area contributed by atoms with Gasteiger partial charge in [0.25, 0.3) is 0 Å². The van der Waals surface area contributed by atoms with Crippen molar-refractivity contribution in [3.05, 3.63) is 47.0 Å². The van der Waals surface area contributed by atoms with Crippen LogP contribution >= 0.6 is 11.6 Å². The molecule has 1 aromatic carbocycles. The highest BCUT2D eigenvalue weighted by atomic mass is 35.5. The van der Waals surface area contributed by atoms with Crippen molar-refractivity contribution in [1.82, 2.24) is 9.55 Å². The summed E-state index contributed by atoms with van der Waals surface area (Å²) in [6.07, 6.45) is 4.37. The number of rotatable bonds is 4. The van der Waals surface area contributed by atoms with E-state index in [-0.39, 0.29) is 5.78 Å². The third-order valence-corrected chi connectivity index (χ3v) is 2.97. The first kappa shape index (κ1) is 12.6. The second kappa shape index (κ2) is 5.23.